The second-order valence-electron chi connectivity index (χ2n) is 6.15. The van der Waals surface area contributed by atoms with E-state index in [0.29, 0.717) is 33.1 Å². The Morgan fingerprint density at radius 2 is 1.67 bits per heavy atom. The number of nitrogens with one attached hydrogen (secondary N) is 2. The Hall–Kier alpha value is -0.150. The van der Waals surface area contributed by atoms with Crippen molar-refractivity contribution < 1.29 is 0 Å². The molecule has 2 nitrogen and oxygen atoms in total. The summed E-state index contributed by atoms with van der Waals surface area (Å²) in [5.41, 5.74) is 0.831. The van der Waals surface area contributed by atoms with Gasteiger partial charge in [0.05, 0.1) is 15.7 Å². The topological polar surface area (TPSA) is 24.1 Å². The quantitative estimate of drug-likeness (QED) is 0.768. The van der Waals surface area contributed by atoms with Crippen LogP contribution in [0.4, 0.5) is 5.69 Å². The average molecular weight is 348 g/mol. The number of halogens is 3. The normalized spacial score (nSPS) is 29.6. The van der Waals surface area contributed by atoms with Crippen LogP contribution in [0.2, 0.25) is 15.1 Å². The molecule has 2 N–H and O–H groups in total. The average Bonchev–Trinajstić information content (AvgIpc) is 2.97. The van der Waals surface area contributed by atoms with Gasteiger partial charge in [0.2, 0.25) is 0 Å². The van der Waals surface area contributed by atoms with Gasteiger partial charge in [-0.1, -0.05) is 47.6 Å². The number of anilines is 1. The fourth-order valence-corrected chi connectivity index (χ4v) is 4.69. The van der Waals surface area contributed by atoms with E-state index >= 15 is 0 Å². The maximum atomic E-state index is 6.31. The molecule has 2 fully saturated rings. The molecule has 5 heteroatoms. The highest BCUT2D eigenvalue weighted by Gasteiger charge is 2.33. The summed E-state index contributed by atoms with van der Waals surface area (Å²) in [6, 6.07) is 4.57. The molecule has 0 radical (unpaired) electrons. The number of rotatable bonds is 3. The molecule has 1 aliphatic carbocycles. The third-order valence-electron chi connectivity index (χ3n) is 4.77. The van der Waals surface area contributed by atoms with Crippen LogP contribution in [0, 0.1) is 5.92 Å². The summed E-state index contributed by atoms with van der Waals surface area (Å²) in [5, 5.41) is 9.05. The van der Waals surface area contributed by atoms with Crippen molar-refractivity contribution in [2.45, 2.75) is 50.6 Å². The van der Waals surface area contributed by atoms with Gasteiger partial charge in [0.25, 0.3) is 0 Å². The van der Waals surface area contributed by atoms with Crippen molar-refractivity contribution in [3.05, 3.63) is 27.2 Å². The van der Waals surface area contributed by atoms with Gasteiger partial charge in [0.15, 0.2) is 0 Å². The fourth-order valence-electron chi connectivity index (χ4n) is 3.76. The van der Waals surface area contributed by atoms with E-state index in [0.717, 1.165) is 12.2 Å². The lowest BCUT2D eigenvalue weighted by molar-refractivity contribution is 0.263. The summed E-state index contributed by atoms with van der Waals surface area (Å²) in [6.07, 6.45) is 7.62. The molecule has 21 heavy (non-hydrogen) atoms. The zero-order valence-corrected chi connectivity index (χ0v) is 14.2. The molecular formula is C16H21Cl3N2. The summed E-state index contributed by atoms with van der Waals surface area (Å²) in [5.74, 6) is 0.657. The Morgan fingerprint density at radius 1 is 0.952 bits per heavy atom. The van der Waals surface area contributed by atoms with Crippen LogP contribution < -0.4 is 10.6 Å². The molecule has 1 heterocycles. The maximum absolute atomic E-state index is 6.31. The van der Waals surface area contributed by atoms with E-state index in [9.17, 15) is 0 Å². The molecule has 116 valence electrons. The van der Waals surface area contributed by atoms with Crippen molar-refractivity contribution in [1.82, 2.24) is 5.32 Å². The molecule has 3 rings (SSSR count). The van der Waals surface area contributed by atoms with Crippen molar-refractivity contribution in [2.24, 2.45) is 5.92 Å². The third-order valence-corrected chi connectivity index (χ3v) is 5.59. The molecule has 0 amide bonds. The summed E-state index contributed by atoms with van der Waals surface area (Å²) in [7, 11) is 0. The first kappa shape index (κ1) is 15.7. The Labute approximate surface area is 141 Å². The molecule has 2 aliphatic rings. The summed E-state index contributed by atoms with van der Waals surface area (Å²) in [4.78, 5) is 0. The lowest BCUT2D eigenvalue weighted by Gasteiger charge is -2.37. The minimum atomic E-state index is 0.436. The predicted octanol–water partition coefficient (Wildman–Crippen LogP) is 5.37. The number of hydrogen-bond acceptors (Lipinski definition) is 2. The van der Waals surface area contributed by atoms with E-state index in [2.05, 4.69) is 10.6 Å². The highest BCUT2D eigenvalue weighted by atomic mass is 35.5. The molecule has 3 unspecified atom stereocenters. The molecule has 1 saturated heterocycles. The van der Waals surface area contributed by atoms with Crippen LogP contribution >= 0.6 is 34.8 Å². The van der Waals surface area contributed by atoms with Gasteiger partial charge in [-0.15, -0.1) is 0 Å². The van der Waals surface area contributed by atoms with Crippen LogP contribution in [0.3, 0.4) is 0 Å². The first-order chi connectivity index (χ1) is 10.1. The van der Waals surface area contributed by atoms with Crippen LogP contribution in [-0.4, -0.2) is 18.6 Å². The minimum absolute atomic E-state index is 0.436. The maximum Gasteiger partial charge on any atom is 0.0722 e. The first-order valence-corrected chi connectivity index (χ1v) is 8.93. The SMILES string of the molecule is Clc1cc(Cl)c(NC2CCCCC2C2CCCN2)c(Cl)c1. The zero-order chi connectivity index (χ0) is 14.8. The van der Waals surface area contributed by atoms with Crippen molar-refractivity contribution >= 4 is 40.5 Å². The molecule has 0 spiro atoms. The standard InChI is InChI=1S/C16H21Cl3N2/c17-10-8-12(18)16(13(19)9-10)21-15-5-2-1-4-11(15)14-6-3-7-20-14/h8-9,11,14-15,20-21H,1-7H2. The summed E-state index contributed by atoms with van der Waals surface area (Å²) >= 11 is 18.6. The van der Waals surface area contributed by atoms with E-state index in [4.69, 9.17) is 34.8 Å². The number of hydrogen-bond donors (Lipinski definition) is 2. The summed E-state index contributed by atoms with van der Waals surface area (Å²) in [6.45, 7) is 1.15. The highest BCUT2D eigenvalue weighted by molar-refractivity contribution is 6.41. The molecule has 0 bridgehead atoms. The van der Waals surface area contributed by atoms with Crippen molar-refractivity contribution in [1.29, 1.82) is 0 Å². The van der Waals surface area contributed by atoms with Gasteiger partial charge in [-0.25, -0.2) is 0 Å². The molecule has 1 saturated carbocycles. The van der Waals surface area contributed by atoms with Crippen molar-refractivity contribution in [2.75, 3.05) is 11.9 Å². The van der Waals surface area contributed by atoms with E-state index in [1.807, 2.05) is 0 Å². The Bertz CT molecular complexity index is 477. The van der Waals surface area contributed by atoms with Crippen LogP contribution in [-0.2, 0) is 0 Å². The van der Waals surface area contributed by atoms with E-state index in [1.165, 1.54) is 38.5 Å². The Balaban J connectivity index is 1.78. The van der Waals surface area contributed by atoms with Gasteiger partial charge in [0, 0.05) is 17.1 Å². The molecule has 3 atom stereocenters. The van der Waals surface area contributed by atoms with Gasteiger partial charge >= 0.3 is 0 Å². The number of benzene rings is 1. The van der Waals surface area contributed by atoms with Crippen LogP contribution in [0.5, 0.6) is 0 Å². The molecule has 1 aromatic rings. The smallest absolute Gasteiger partial charge is 0.0722 e. The van der Waals surface area contributed by atoms with E-state index in [1.54, 1.807) is 12.1 Å². The Kier molecular flexibility index (Phi) is 5.21. The second kappa shape index (κ2) is 6.95. The van der Waals surface area contributed by atoms with E-state index in [-0.39, 0.29) is 0 Å². The first-order valence-electron chi connectivity index (χ1n) is 7.79. The van der Waals surface area contributed by atoms with Crippen LogP contribution in [0.15, 0.2) is 12.1 Å². The van der Waals surface area contributed by atoms with Crippen LogP contribution in [0.1, 0.15) is 38.5 Å². The van der Waals surface area contributed by atoms with Gasteiger partial charge in [-0.2, -0.15) is 0 Å². The molecule has 0 aromatic heterocycles. The van der Waals surface area contributed by atoms with Gasteiger partial charge < -0.3 is 10.6 Å². The van der Waals surface area contributed by atoms with Gasteiger partial charge in [0.1, 0.15) is 0 Å². The fraction of sp³-hybridized carbons (Fsp3) is 0.625. The van der Waals surface area contributed by atoms with Crippen molar-refractivity contribution in [3.63, 3.8) is 0 Å². The molecule has 1 aromatic carbocycles. The highest BCUT2D eigenvalue weighted by Crippen LogP contribution is 2.38. The molecule has 1 aliphatic heterocycles. The zero-order valence-electron chi connectivity index (χ0n) is 12.0. The minimum Gasteiger partial charge on any atom is -0.380 e. The van der Waals surface area contributed by atoms with Gasteiger partial charge in [-0.3, -0.25) is 0 Å². The molecular weight excluding hydrogens is 327 g/mol. The van der Waals surface area contributed by atoms with Crippen LogP contribution in [0.25, 0.3) is 0 Å². The third kappa shape index (κ3) is 3.61. The van der Waals surface area contributed by atoms with Gasteiger partial charge in [-0.05, 0) is 50.3 Å². The summed E-state index contributed by atoms with van der Waals surface area (Å²) < 4.78 is 0. The predicted molar refractivity (Wildman–Crippen MR) is 91.9 cm³/mol. The lowest BCUT2D eigenvalue weighted by Crippen LogP contribution is -2.43. The van der Waals surface area contributed by atoms with Crippen molar-refractivity contribution in [3.8, 4) is 0 Å². The monoisotopic (exact) mass is 346 g/mol. The van der Waals surface area contributed by atoms with E-state index < -0.39 is 0 Å². The second-order valence-corrected chi connectivity index (χ2v) is 7.40. The lowest BCUT2D eigenvalue weighted by atomic mass is 9.79. The largest absolute Gasteiger partial charge is 0.380 e. The Morgan fingerprint density at radius 3 is 2.33 bits per heavy atom.